The number of ether oxygens (including phenoxy) is 5. The largest absolute Gasteiger partial charge is 0.469 e. The lowest BCUT2D eigenvalue weighted by Gasteiger charge is -2.24. The van der Waals surface area contributed by atoms with Crippen LogP contribution in [0.3, 0.4) is 0 Å². The third-order valence-corrected chi connectivity index (χ3v) is 2.95. The predicted molar refractivity (Wildman–Crippen MR) is 56.1 cm³/mol. The van der Waals surface area contributed by atoms with Crippen molar-refractivity contribution in [2.24, 2.45) is 0 Å². The molecule has 2 heterocycles. The van der Waals surface area contributed by atoms with Crippen LogP contribution in [0.4, 0.5) is 0 Å². The zero-order valence-corrected chi connectivity index (χ0v) is 10.5. The van der Waals surface area contributed by atoms with Crippen molar-refractivity contribution in [3.05, 3.63) is 0 Å². The highest BCUT2D eigenvalue weighted by atomic mass is 16.8. The molecule has 17 heavy (non-hydrogen) atoms. The first kappa shape index (κ1) is 12.8. The molecule has 0 spiro atoms. The van der Waals surface area contributed by atoms with Crippen LogP contribution in [0.5, 0.6) is 0 Å². The molecule has 2 rings (SSSR count). The predicted octanol–water partition coefficient (Wildman–Crippen LogP) is 0.441. The minimum absolute atomic E-state index is 0.134. The molecule has 0 unspecified atom stereocenters. The van der Waals surface area contributed by atoms with Gasteiger partial charge in [-0.3, -0.25) is 4.79 Å². The Kier molecular flexibility index (Phi) is 3.40. The van der Waals surface area contributed by atoms with Crippen LogP contribution in [0.2, 0.25) is 0 Å². The van der Waals surface area contributed by atoms with Crippen molar-refractivity contribution in [1.29, 1.82) is 0 Å². The lowest BCUT2D eigenvalue weighted by atomic mass is 10.1. The average Bonchev–Trinajstić information content (AvgIpc) is 2.68. The van der Waals surface area contributed by atoms with E-state index in [1.807, 2.05) is 13.8 Å². The number of methoxy groups -OCH3 is 2. The molecule has 6 nitrogen and oxygen atoms in total. The van der Waals surface area contributed by atoms with Crippen molar-refractivity contribution in [2.45, 2.75) is 50.7 Å². The molecule has 2 fully saturated rings. The Morgan fingerprint density at radius 2 is 2.00 bits per heavy atom. The van der Waals surface area contributed by atoms with E-state index in [0.29, 0.717) is 0 Å². The van der Waals surface area contributed by atoms with Crippen molar-refractivity contribution in [2.75, 3.05) is 14.2 Å². The summed E-state index contributed by atoms with van der Waals surface area (Å²) in [6, 6.07) is 0. The van der Waals surface area contributed by atoms with E-state index >= 15 is 0 Å². The SMILES string of the molecule is COC(=O)C[C@H]1O[C@@H]2OC(C)(C)O[C@@H]2[C@H]1OC. The highest BCUT2D eigenvalue weighted by molar-refractivity contribution is 5.69. The van der Waals surface area contributed by atoms with E-state index in [-0.39, 0.29) is 24.6 Å². The van der Waals surface area contributed by atoms with E-state index in [1.165, 1.54) is 7.11 Å². The summed E-state index contributed by atoms with van der Waals surface area (Å²) in [7, 11) is 2.91. The van der Waals surface area contributed by atoms with Crippen LogP contribution in [-0.4, -0.2) is 50.6 Å². The maximum absolute atomic E-state index is 11.2. The van der Waals surface area contributed by atoms with Crippen molar-refractivity contribution < 1.29 is 28.5 Å². The first-order chi connectivity index (χ1) is 7.96. The summed E-state index contributed by atoms with van der Waals surface area (Å²) >= 11 is 0. The summed E-state index contributed by atoms with van der Waals surface area (Å²) in [5.74, 6) is -1.01. The Balaban J connectivity index is 2.03. The lowest BCUT2D eigenvalue weighted by molar-refractivity contribution is -0.217. The molecule has 0 aromatic heterocycles. The molecule has 2 saturated heterocycles. The number of esters is 1. The van der Waals surface area contributed by atoms with Gasteiger partial charge in [-0.25, -0.2) is 0 Å². The first-order valence-electron chi connectivity index (χ1n) is 5.57. The third kappa shape index (κ3) is 2.44. The molecule has 0 N–H and O–H groups in total. The van der Waals surface area contributed by atoms with Crippen molar-refractivity contribution in [3.63, 3.8) is 0 Å². The Hall–Kier alpha value is -0.690. The summed E-state index contributed by atoms with van der Waals surface area (Å²) in [5.41, 5.74) is 0. The van der Waals surface area contributed by atoms with Crippen LogP contribution < -0.4 is 0 Å². The molecule has 0 saturated carbocycles. The lowest BCUT2D eigenvalue weighted by Crippen LogP contribution is -2.37. The zero-order chi connectivity index (χ0) is 12.6. The zero-order valence-electron chi connectivity index (χ0n) is 10.5. The Labute approximate surface area is 100 Å². The van der Waals surface area contributed by atoms with Gasteiger partial charge < -0.3 is 23.7 Å². The number of hydrogen-bond donors (Lipinski definition) is 0. The van der Waals surface area contributed by atoms with Crippen LogP contribution in [0.25, 0.3) is 0 Å². The van der Waals surface area contributed by atoms with Gasteiger partial charge in [0.15, 0.2) is 12.1 Å². The molecular formula is C11H18O6. The molecule has 0 amide bonds. The van der Waals surface area contributed by atoms with Gasteiger partial charge in [0.2, 0.25) is 0 Å². The van der Waals surface area contributed by atoms with Gasteiger partial charge in [0.05, 0.1) is 13.5 Å². The number of rotatable bonds is 3. The summed E-state index contributed by atoms with van der Waals surface area (Å²) in [5, 5.41) is 0. The number of carbonyl (C=O) groups excluding carboxylic acids is 1. The molecule has 0 radical (unpaired) electrons. The van der Waals surface area contributed by atoms with E-state index < -0.39 is 18.2 Å². The fourth-order valence-electron chi connectivity index (χ4n) is 2.24. The van der Waals surface area contributed by atoms with Gasteiger partial charge in [-0.05, 0) is 13.8 Å². The van der Waals surface area contributed by atoms with Crippen LogP contribution >= 0.6 is 0 Å². The quantitative estimate of drug-likeness (QED) is 0.673. The van der Waals surface area contributed by atoms with Gasteiger partial charge in [0.1, 0.15) is 18.3 Å². The van der Waals surface area contributed by atoms with Gasteiger partial charge in [-0.2, -0.15) is 0 Å². The van der Waals surface area contributed by atoms with E-state index in [9.17, 15) is 4.79 Å². The summed E-state index contributed by atoms with van der Waals surface area (Å²) in [6.07, 6.45) is -1.36. The molecule has 4 atom stereocenters. The molecule has 0 bridgehead atoms. The molecule has 98 valence electrons. The molecule has 0 aliphatic carbocycles. The standard InChI is InChI=1S/C11H18O6/c1-11(2)16-9-8(14-4)6(5-7(12)13-3)15-10(9)17-11/h6,8-10H,5H2,1-4H3/t6-,8+,9-,10-/m1/s1. The Morgan fingerprint density at radius 1 is 1.29 bits per heavy atom. The maximum atomic E-state index is 11.2. The minimum atomic E-state index is -0.678. The van der Waals surface area contributed by atoms with Crippen molar-refractivity contribution in [1.82, 2.24) is 0 Å². The van der Waals surface area contributed by atoms with Gasteiger partial charge in [0, 0.05) is 7.11 Å². The second kappa shape index (κ2) is 4.53. The van der Waals surface area contributed by atoms with Crippen LogP contribution in [0.1, 0.15) is 20.3 Å². The van der Waals surface area contributed by atoms with E-state index in [0.717, 1.165) is 0 Å². The number of fused-ring (bicyclic) bond motifs is 1. The Morgan fingerprint density at radius 3 is 2.59 bits per heavy atom. The van der Waals surface area contributed by atoms with Crippen molar-refractivity contribution >= 4 is 5.97 Å². The average molecular weight is 246 g/mol. The fraction of sp³-hybridized carbons (Fsp3) is 0.909. The smallest absolute Gasteiger partial charge is 0.308 e. The second-order valence-corrected chi connectivity index (χ2v) is 4.62. The molecule has 2 aliphatic heterocycles. The summed E-state index contributed by atoms with van der Waals surface area (Å²) in [4.78, 5) is 11.2. The third-order valence-electron chi connectivity index (χ3n) is 2.95. The van der Waals surface area contributed by atoms with E-state index in [2.05, 4.69) is 4.74 Å². The van der Waals surface area contributed by atoms with Crippen molar-refractivity contribution in [3.8, 4) is 0 Å². The minimum Gasteiger partial charge on any atom is -0.469 e. The molecule has 6 heteroatoms. The van der Waals surface area contributed by atoms with Crippen LogP contribution in [0, 0.1) is 0 Å². The van der Waals surface area contributed by atoms with E-state index in [1.54, 1.807) is 7.11 Å². The second-order valence-electron chi connectivity index (χ2n) is 4.62. The summed E-state index contributed by atoms with van der Waals surface area (Å²) < 4.78 is 26.8. The van der Waals surface area contributed by atoms with Gasteiger partial charge in [0.25, 0.3) is 0 Å². The maximum Gasteiger partial charge on any atom is 0.308 e. The van der Waals surface area contributed by atoms with E-state index in [4.69, 9.17) is 18.9 Å². The van der Waals surface area contributed by atoms with Crippen LogP contribution in [-0.2, 0) is 28.5 Å². The number of hydrogen-bond acceptors (Lipinski definition) is 6. The highest BCUT2D eigenvalue weighted by Crippen LogP contribution is 2.39. The normalized spacial score (nSPS) is 39.1. The van der Waals surface area contributed by atoms with Gasteiger partial charge in [-0.1, -0.05) is 0 Å². The fourth-order valence-corrected chi connectivity index (χ4v) is 2.24. The Bertz CT molecular complexity index is 302. The molecule has 0 aromatic carbocycles. The topological polar surface area (TPSA) is 63.2 Å². The monoisotopic (exact) mass is 246 g/mol. The van der Waals surface area contributed by atoms with Gasteiger partial charge >= 0.3 is 5.97 Å². The van der Waals surface area contributed by atoms with Crippen LogP contribution in [0.15, 0.2) is 0 Å². The number of carbonyl (C=O) groups is 1. The highest BCUT2D eigenvalue weighted by Gasteiger charge is 2.55. The first-order valence-corrected chi connectivity index (χ1v) is 5.57. The molecular weight excluding hydrogens is 228 g/mol. The van der Waals surface area contributed by atoms with Gasteiger partial charge in [-0.15, -0.1) is 0 Å². The molecule has 0 aromatic rings. The molecule has 2 aliphatic rings. The summed E-state index contributed by atoms with van der Waals surface area (Å²) in [6.45, 7) is 3.63.